The fourth-order valence-corrected chi connectivity index (χ4v) is 2.30. The molecular weight excluding hydrogens is 270 g/mol. The molecular formula is C16H21NO4. The van der Waals surface area contributed by atoms with E-state index in [4.69, 9.17) is 9.47 Å². The highest BCUT2D eigenvalue weighted by molar-refractivity contribution is 5.94. The lowest BCUT2D eigenvalue weighted by atomic mass is 9.98. The van der Waals surface area contributed by atoms with Crippen LogP contribution < -0.4 is 4.74 Å². The first-order chi connectivity index (χ1) is 9.80. The number of carbonyl (C=O) groups excluding carboxylic acids is 2. The van der Waals surface area contributed by atoms with Gasteiger partial charge in [0.25, 0.3) is 0 Å². The number of amides is 2. The maximum Gasteiger partial charge on any atom is 0.417 e. The standard InChI is InChI=1S/C16H21NO4/c1-16(2,3)21-15(19)17-10-12(9-14(17)18)11-5-7-13(20-4)8-6-11/h5-8,12H,9-10H2,1-4H3. The van der Waals surface area contributed by atoms with Crippen molar-refractivity contribution in [3.63, 3.8) is 0 Å². The minimum absolute atomic E-state index is 0.0101. The lowest BCUT2D eigenvalue weighted by molar-refractivity contribution is -0.126. The molecule has 0 saturated carbocycles. The van der Waals surface area contributed by atoms with Crippen LogP contribution in [-0.4, -0.2) is 36.2 Å². The fourth-order valence-electron chi connectivity index (χ4n) is 2.30. The molecule has 2 amide bonds. The molecule has 1 fully saturated rings. The molecule has 5 heteroatoms. The third-order valence-electron chi connectivity index (χ3n) is 3.33. The molecule has 1 unspecified atom stereocenters. The van der Waals surface area contributed by atoms with Gasteiger partial charge in [0, 0.05) is 18.9 Å². The summed E-state index contributed by atoms with van der Waals surface area (Å²) in [4.78, 5) is 25.2. The van der Waals surface area contributed by atoms with Gasteiger partial charge in [0.2, 0.25) is 5.91 Å². The summed E-state index contributed by atoms with van der Waals surface area (Å²) in [5, 5.41) is 0. The van der Waals surface area contributed by atoms with Crippen LogP contribution in [0, 0.1) is 0 Å². The molecule has 0 aliphatic carbocycles. The molecule has 0 aromatic heterocycles. The van der Waals surface area contributed by atoms with E-state index in [-0.39, 0.29) is 11.8 Å². The van der Waals surface area contributed by atoms with Gasteiger partial charge in [0.05, 0.1) is 7.11 Å². The molecule has 0 spiro atoms. The number of imide groups is 1. The first-order valence-electron chi connectivity index (χ1n) is 6.97. The summed E-state index contributed by atoms with van der Waals surface area (Å²) in [5.74, 6) is 0.591. The highest BCUT2D eigenvalue weighted by Crippen LogP contribution is 2.30. The summed E-state index contributed by atoms with van der Waals surface area (Å²) in [6, 6.07) is 7.57. The number of methoxy groups -OCH3 is 1. The van der Waals surface area contributed by atoms with E-state index in [2.05, 4.69) is 0 Å². The molecule has 0 N–H and O–H groups in total. The van der Waals surface area contributed by atoms with Crippen molar-refractivity contribution < 1.29 is 19.1 Å². The van der Waals surface area contributed by atoms with Crippen LogP contribution in [0.4, 0.5) is 4.79 Å². The maximum absolute atomic E-state index is 12.0. The number of hydrogen-bond acceptors (Lipinski definition) is 4. The molecule has 114 valence electrons. The van der Waals surface area contributed by atoms with Gasteiger partial charge in [-0.3, -0.25) is 4.79 Å². The van der Waals surface area contributed by atoms with Crippen LogP contribution in [-0.2, 0) is 9.53 Å². The average molecular weight is 291 g/mol. The molecule has 2 rings (SSSR count). The van der Waals surface area contributed by atoms with Gasteiger partial charge in [0.1, 0.15) is 11.4 Å². The van der Waals surface area contributed by atoms with Crippen molar-refractivity contribution in [3.8, 4) is 5.75 Å². The SMILES string of the molecule is COc1ccc(C2CC(=O)N(C(=O)OC(C)(C)C)C2)cc1. The number of carbonyl (C=O) groups is 2. The van der Waals surface area contributed by atoms with Crippen LogP contribution in [0.1, 0.15) is 38.7 Å². The van der Waals surface area contributed by atoms with E-state index in [1.807, 2.05) is 24.3 Å². The summed E-state index contributed by atoms with van der Waals surface area (Å²) in [5.41, 5.74) is 0.422. The van der Waals surface area contributed by atoms with Crippen molar-refractivity contribution in [2.24, 2.45) is 0 Å². The highest BCUT2D eigenvalue weighted by atomic mass is 16.6. The lowest BCUT2D eigenvalue weighted by Crippen LogP contribution is -2.37. The largest absolute Gasteiger partial charge is 0.497 e. The van der Waals surface area contributed by atoms with Gasteiger partial charge in [-0.2, -0.15) is 0 Å². The molecule has 1 aliphatic rings. The Labute approximate surface area is 124 Å². The zero-order valence-corrected chi connectivity index (χ0v) is 12.9. The topological polar surface area (TPSA) is 55.8 Å². The summed E-state index contributed by atoms with van der Waals surface area (Å²) in [6.07, 6.45) is -0.241. The van der Waals surface area contributed by atoms with Crippen molar-refractivity contribution in [1.82, 2.24) is 4.90 Å². The van der Waals surface area contributed by atoms with Gasteiger partial charge in [-0.25, -0.2) is 9.69 Å². The Balaban J connectivity index is 2.06. The monoisotopic (exact) mass is 291 g/mol. The predicted octanol–water partition coefficient (Wildman–Crippen LogP) is 2.95. The Morgan fingerprint density at radius 1 is 1.24 bits per heavy atom. The Hall–Kier alpha value is -2.04. The average Bonchev–Trinajstić information content (AvgIpc) is 2.79. The predicted molar refractivity (Wildman–Crippen MR) is 78.3 cm³/mol. The van der Waals surface area contributed by atoms with Crippen molar-refractivity contribution >= 4 is 12.0 Å². The number of rotatable bonds is 2. The van der Waals surface area contributed by atoms with Crippen LogP contribution in [0.15, 0.2) is 24.3 Å². The van der Waals surface area contributed by atoms with Crippen LogP contribution in [0.5, 0.6) is 5.75 Å². The fraction of sp³-hybridized carbons (Fsp3) is 0.500. The second kappa shape index (κ2) is 5.76. The van der Waals surface area contributed by atoms with Gasteiger partial charge in [-0.1, -0.05) is 12.1 Å². The molecule has 1 aromatic rings. The second-order valence-corrected chi connectivity index (χ2v) is 6.16. The summed E-state index contributed by atoms with van der Waals surface area (Å²) >= 11 is 0. The Morgan fingerprint density at radius 2 is 1.86 bits per heavy atom. The number of nitrogens with zero attached hydrogens (tertiary/aromatic N) is 1. The second-order valence-electron chi connectivity index (χ2n) is 6.16. The summed E-state index contributed by atoms with van der Waals surface area (Å²) in [6.45, 7) is 5.71. The number of hydrogen-bond donors (Lipinski definition) is 0. The van der Waals surface area contributed by atoms with Gasteiger partial charge in [-0.15, -0.1) is 0 Å². The van der Waals surface area contributed by atoms with E-state index in [9.17, 15) is 9.59 Å². The van der Waals surface area contributed by atoms with Gasteiger partial charge in [0.15, 0.2) is 0 Å². The van der Waals surface area contributed by atoms with Crippen molar-refractivity contribution in [2.45, 2.75) is 38.7 Å². The van der Waals surface area contributed by atoms with E-state index in [1.165, 1.54) is 4.90 Å². The smallest absolute Gasteiger partial charge is 0.417 e. The lowest BCUT2D eigenvalue weighted by Gasteiger charge is -2.23. The normalized spacial score (nSPS) is 18.8. The maximum atomic E-state index is 12.0. The molecule has 21 heavy (non-hydrogen) atoms. The first-order valence-corrected chi connectivity index (χ1v) is 6.97. The third-order valence-corrected chi connectivity index (χ3v) is 3.33. The molecule has 5 nitrogen and oxygen atoms in total. The van der Waals surface area contributed by atoms with Crippen molar-refractivity contribution in [3.05, 3.63) is 29.8 Å². The van der Waals surface area contributed by atoms with Gasteiger partial charge < -0.3 is 9.47 Å². The Morgan fingerprint density at radius 3 is 2.38 bits per heavy atom. The zero-order chi connectivity index (χ0) is 15.6. The van der Waals surface area contributed by atoms with E-state index in [0.29, 0.717) is 13.0 Å². The van der Waals surface area contributed by atoms with Crippen LogP contribution in [0.25, 0.3) is 0 Å². The summed E-state index contributed by atoms with van der Waals surface area (Å²) in [7, 11) is 1.61. The number of ether oxygens (including phenoxy) is 2. The minimum Gasteiger partial charge on any atom is -0.497 e. The van der Waals surface area contributed by atoms with Crippen LogP contribution in [0.2, 0.25) is 0 Å². The molecule has 1 aliphatic heterocycles. The van der Waals surface area contributed by atoms with E-state index in [0.717, 1.165) is 11.3 Å². The highest BCUT2D eigenvalue weighted by Gasteiger charge is 2.37. The molecule has 0 bridgehead atoms. The van der Waals surface area contributed by atoms with E-state index >= 15 is 0 Å². The number of likely N-dealkylation sites (tertiary alicyclic amines) is 1. The molecule has 1 atom stereocenters. The first kappa shape index (κ1) is 15.4. The van der Waals surface area contributed by atoms with Crippen molar-refractivity contribution in [1.29, 1.82) is 0 Å². The number of benzene rings is 1. The molecule has 1 aromatic carbocycles. The molecule has 0 radical (unpaired) electrons. The quantitative estimate of drug-likeness (QED) is 0.840. The van der Waals surface area contributed by atoms with Crippen molar-refractivity contribution in [2.75, 3.05) is 13.7 Å². The molecule has 1 heterocycles. The zero-order valence-electron chi connectivity index (χ0n) is 12.9. The van der Waals surface area contributed by atoms with E-state index < -0.39 is 11.7 Å². The van der Waals surface area contributed by atoms with Gasteiger partial charge in [-0.05, 0) is 38.5 Å². The van der Waals surface area contributed by atoms with E-state index in [1.54, 1.807) is 27.9 Å². The molecule has 1 saturated heterocycles. The van der Waals surface area contributed by atoms with Crippen LogP contribution in [0.3, 0.4) is 0 Å². The van der Waals surface area contributed by atoms with Crippen LogP contribution >= 0.6 is 0 Å². The third kappa shape index (κ3) is 3.74. The minimum atomic E-state index is -0.602. The Kier molecular flexibility index (Phi) is 4.21. The Bertz CT molecular complexity index is 530. The van der Waals surface area contributed by atoms with Gasteiger partial charge >= 0.3 is 6.09 Å². The summed E-state index contributed by atoms with van der Waals surface area (Å²) < 4.78 is 10.4.